The molecule has 0 radical (unpaired) electrons. The molecule has 3 rings (SSSR count). The first kappa shape index (κ1) is 25.9. The number of methoxy groups -OCH3 is 1. The Bertz CT molecular complexity index is 1000. The maximum absolute atomic E-state index is 13.7. The van der Waals surface area contributed by atoms with Crippen LogP contribution in [0.25, 0.3) is 0 Å². The van der Waals surface area contributed by atoms with Crippen molar-refractivity contribution in [3.63, 3.8) is 0 Å². The lowest BCUT2D eigenvalue weighted by Gasteiger charge is -2.39. The third-order valence-electron chi connectivity index (χ3n) is 6.11. The standard InChI is InChI=1S/C24H26F6N2O2/c1-22(32-10-6-7-11-32,14-16-8-4-3-5-9-16)15-31-21(33)20-18(24(28,29)30)12-17(23(25,26)27)13-19(20)34-2/h3-5,8-9,12-13H,6-7,10-11,14-15H2,1-2H3,(H,31,33)/t22-/m0/s1. The Labute approximate surface area is 193 Å². The lowest BCUT2D eigenvalue weighted by molar-refractivity contribution is -0.143. The number of likely N-dealkylation sites (tertiary alicyclic amines) is 1. The summed E-state index contributed by atoms with van der Waals surface area (Å²) in [4.78, 5) is 15.2. The summed E-state index contributed by atoms with van der Waals surface area (Å²) < 4.78 is 85.3. The fourth-order valence-corrected chi connectivity index (χ4v) is 4.34. The van der Waals surface area contributed by atoms with Gasteiger partial charge in [-0.1, -0.05) is 30.3 Å². The number of nitrogens with zero attached hydrogens (tertiary/aromatic N) is 1. The molecule has 1 amide bonds. The SMILES string of the molecule is COc1cc(C(F)(F)F)cc(C(F)(F)F)c1C(=O)NC[C@](C)(Cc1ccccc1)N1CCCC1. The van der Waals surface area contributed by atoms with E-state index in [0.29, 0.717) is 12.5 Å². The van der Waals surface area contributed by atoms with Crippen molar-refractivity contribution < 1.29 is 35.9 Å². The van der Waals surface area contributed by atoms with Gasteiger partial charge in [0.25, 0.3) is 5.91 Å². The minimum Gasteiger partial charge on any atom is -0.496 e. The van der Waals surface area contributed by atoms with E-state index in [4.69, 9.17) is 4.74 Å². The topological polar surface area (TPSA) is 41.6 Å². The molecule has 0 saturated carbocycles. The summed E-state index contributed by atoms with van der Waals surface area (Å²) in [5.74, 6) is -1.93. The zero-order valence-corrected chi connectivity index (χ0v) is 18.8. The summed E-state index contributed by atoms with van der Waals surface area (Å²) in [7, 11) is 0.927. The van der Waals surface area contributed by atoms with E-state index in [1.54, 1.807) is 0 Å². The molecule has 0 aliphatic carbocycles. The van der Waals surface area contributed by atoms with Crippen molar-refractivity contribution in [2.75, 3.05) is 26.7 Å². The lowest BCUT2D eigenvalue weighted by atomic mass is 9.90. The number of ether oxygens (including phenoxy) is 1. The highest BCUT2D eigenvalue weighted by atomic mass is 19.4. The van der Waals surface area contributed by atoms with E-state index < -0.39 is 46.2 Å². The molecule has 0 bridgehead atoms. The first-order valence-corrected chi connectivity index (χ1v) is 10.8. The maximum Gasteiger partial charge on any atom is 0.417 e. The molecular formula is C24H26F6N2O2. The predicted molar refractivity (Wildman–Crippen MR) is 115 cm³/mol. The van der Waals surface area contributed by atoms with E-state index in [0.717, 1.165) is 38.6 Å². The molecule has 1 N–H and O–H groups in total. The third-order valence-corrected chi connectivity index (χ3v) is 6.11. The number of hydrogen-bond donors (Lipinski definition) is 1. The lowest BCUT2D eigenvalue weighted by Crippen LogP contribution is -2.54. The van der Waals surface area contributed by atoms with Crippen LogP contribution in [0.2, 0.25) is 0 Å². The molecule has 1 heterocycles. The molecule has 186 valence electrons. The highest BCUT2D eigenvalue weighted by molar-refractivity contribution is 5.99. The Morgan fingerprint density at radius 1 is 1.00 bits per heavy atom. The maximum atomic E-state index is 13.7. The fourth-order valence-electron chi connectivity index (χ4n) is 4.34. The van der Waals surface area contributed by atoms with Crippen molar-refractivity contribution in [1.82, 2.24) is 10.2 Å². The molecule has 1 saturated heterocycles. The van der Waals surface area contributed by atoms with Crippen LogP contribution >= 0.6 is 0 Å². The number of nitrogens with one attached hydrogen (secondary N) is 1. The summed E-state index contributed by atoms with van der Waals surface area (Å²) in [5, 5.41) is 2.54. The van der Waals surface area contributed by atoms with E-state index >= 15 is 0 Å². The van der Waals surface area contributed by atoms with Gasteiger partial charge < -0.3 is 10.1 Å². The molecule has 1 aliphatic heterocycles. The van der Waals surface area contributed by atoms with Gasteiger partial charge in [-0.3, -0.25) is 9.69 Å². The van der Waals surface area contributed by atoms with Crippen LogP contribution in [0.4, 0.5) is 26.3 Å². The number of hydrogen-bond acceptors (Lipinski definition) is 3. The van der Waals surface area contributed by atoms with Crippen LogP contribution < -0.4 is 10.1 Å². The molecule has 2 aromatic carbocycles. The predicted octanol–water partition coefficient (Wildman–Crippen LogP) is 5.56. The minimum atomic E-state index is -5.19. The quantitative estimate of drug-likeness (QED) is 0.519. The van der Waals surface area contributed by atoms with Gasteiger partial charge in [-0.25, -0.2) is 0 Å². The summed E-state index contributed by atoms with van der Waals surface area (Å²) in [6.07, 6.45) is -7.77. The van der Waals surface area contributed by atoms with Crippen LogP contribution in [0.15, 0.2) is 42.5 Å². The minimum absolute atomic E-state index is 0.00218. The number of alkyl halides is 6. The van der Waals surface area contributed by atoms with Crippen LogP contribution in [0.3, 0.4) is 0 Å². The van der Waals surface area contributed by atoms with Crippen LogP contribution in [-0.4, -0.2) is 43.1 Å². The number of benzene rings is 2. The zero-order chi connectivity index (χ0) is 25.1. The molecule has 0 aromatic heterocycles. The smallest absolute Gasteiger partial charge is 0.417 e. The van der Waals surface area contributed by atoms with Crippen LogP contribution in [-0.2, 0) is 18.8 Å². The fraction of sp³-hybridized carbons (Fsp3) is 0.458. The monoisotopic (exact) mass is 488 g/mol. The molecule has 1 fully saturated rings. The number of carbonyl (C=O) groups is 1. The molecule has 1 atom stereocenters. The number of rotatable bonds is 7. The second kappa shape index (κ2) is 9.85. The first-order chi connectivity index (χ1) is 15.8. The Morgan fingerprint density at radius 3 is 2.15 bits per heavy atom. The van der Waals surface area contributed by atoms with Gasteiger partial charge in [-0.05, 0) is 57.0 Å². The van der Waals surface area contributed by atoms with Crippen molar-refractivity contribution in [3.8, 4) is 5.75 Å². The van der Waals surface area contributed by atoms with Gasteiger partial charge in [0.15, 0.2) is 0 Å². The molecule has 2 aromatic rings. The van der Waals surface area contributed by atoms with Crippen molar-refractivity contribution in [3.05, 3.63) is 64.7 Å². The van der Waals surface area contributed by atoms with Gasteiger partial charge in [0, 0.05) is 12.1 Å². The molecular weight excluding hydrogens is 462 g/mol. The number of amides is 1. The Hall–Kier alpha value is -2.75. The van der Waals surface area contributed by atoms with E-state index in [-0.39, 0.29) is 12.6 Å². The normalized spacial score (nSPS) is 16.8. The Kier molecular flexibility index (Phi) is 7.50. The van der Waals surface area contributed by atoms with Gasteiger partial charge in [-0.2, -0.15) is 26.3 Å². The van der Waals surface area contributed by atoms with Crippen molar-refractivity contribution in [2.24, 2.45) is 0 Å². The van der Waals surface area contributed by atoms with Crippen LogP contribution in [0.1, 0.15) is 46.8 Å². The summed E-state index contributed by atoms with van der Waals surface area (Å²) in [6.45, 7) is 3.47. The summed E-state index contributed by atoms with van der Waals surface area (Å²) in [5.41, 5.74) is -3.81. The molecule has 34 heavy (non-hydrogen) atoms. The van der Waals surface area contributed by atoms with E-state index in [2.05, 4.69) is 10.2 Å². The highest BCUT2D eigenvalue weighted by Crippen LogP contribution is 2.41. The molecule has 10 heteroatoms. The Balaban J connectivity index is 1.94. The van der Waals surface area contributed by atoms with Crippen LogP contribution in [0.5, 0.6) is 5.75 Å². The Morgan fingerprint density at radius 2 is 1.62 bits per heavy atom. The van der Waals surface area contributed by atoms with E-state index in [1.165, 1.54) is 0 Å². The second-order valence-electron chi connectivity index (χ2n) is 8.63. The van der Waals surface area contributed by atoms with Gasteiger partial charge in [0.05, 0.1) is 23.8 Å². The zero-order valence-electron chi connectivity index (χ0n) is 18.8. The summed E-state index contributed by atoms with van der Waals surface area (Å²) >= 11 is 0. The van der Waals surface area contributed by atoms with Gasteiger partial charge in [0.1, 0.15) is 5.75 Å². The summed E-state index contributed by atoms with van der Waals surface area (Å²) in [6, 6.07) is 9.83. The van der Waals surface area contributed by atoms with Crippen molar-refractivity contribution in [1.29, 1.82) is 0 Å². The highest BCUT2D eigenvalue weighted by Gasteiger charge is 2.42. The van der Waals surface area contributed by atoms with Crippen molar-refractivity contribution in [2.45, 2.75) is 44.1 Å². The largest absolute Gasteiger partial charge is 0.496 e. The number of carbonyl (C=O) groups excluding carboxylic acids is 1. The van der Waals surface area contributed by atoms with Crippen molar-refractivity contribution >= 4 is 5.91 Å². The molecule has 0 spiro atoms. The van der Waals surface area contributed by atoms with Gasteiger partial charge >= 0.3 is 12.4 Å². The second-order valence-corrected chi connectivity index (χ2v) is 8.63. The van der Waals surface area contributed by atoms with Gasteiger partial charge in [0.2, 0.25) is 0 Å². The average Bonchev–Trinajstić information content (AvgIpc) is 3.32. The molecule has 1 aliphatic rings. The van der Waals surface area contributed by atoms with Gasteiger partial charge in [-0.15, -0.1) is 0 Å². The molecule has 4 nitrogen and oxygen atoms in total. The van der Waals surface area contributed by atoms with Crippen LogP contribution in [0, 0.1) is 0 Å². The van der Waals surface area contributed by atoms with E-state index in [1.807, 2.05) is 37.3 Å². The molecule has 0 unspecified atom stereocenters. The number of halogens is 6. The third kappa shape index (κ3) is 5.84. The first-order valence-electron chi connectivity index (χ1n) is 10.8. The average molecular weight is 488 g/mol. The van der Waals surface area contributed by atoms with E-state index in [9.17, 15) is 31.1 Å².